The van der Waals surface area contributed by atoms with Gasteiger partial charge in [-0.2, -0.15) is 0 Å². The average Bonchev–Trinajstić information content (AvgIpc) is 2.99. The number of anilines is 3. The normalized spacial score (nSPS) is 10.5. The van der Waals surface area contributed by atoms with Crippen molar-refractivity contribution < 1.29 is 4.79 Å². The Labute approximate surface area is 148 Å². The Bertz CT molecular complexity index is 894. The number of pyridine rings is 1. The van der Waals surface area contributed by atoms with Gasteiger partial charge in [0, 0.05) is 21.8 Å². The zero-order valence-corrected chi connectivity index (χ0v) is 14.7. The summed E-state index contributed by atoms with van der Waals surface area (Å²) < 4.78 is 0. The number of nitrogens with zero attached hydrogens (tertiary/aromatic N) is 2. The number of carbonyl (C=O) groups is 1. The molecule has 0 radical (unpaired) electrons. The number of carbonyl (C=O) groups excluding carboxylic acids is 1. The van der Waals surface area contributed by atoms with Gasteiger partial charge in [0.2, 0.25) is 0 Å². The number of aromatic nitrogens is 2. The molecular formula is C17H15ClN4OS. The maximum absolute atomic E-state index is 12.3. The van der Waals surface area contributed by atoms with Crippen molar-refractivity contribution in [3.8, 4) is 0 Å². The van der Waals surface area contributed by atoms with Gasteiger partial charge in [0.1, 0.15) is 11.5 Å². The Morgan fingerprint density at radius 3 is 2.79 bits per heavy atom. The van der Waals surface area contributed by atoms with E-state index in [1.165, 1.54) is 11.3 Å². The number of benzene rings is 1. The number of amides is 1. The standard InChI is InChI=1S/C17H15ClN4OS/c1-10-6-7-12(18)8-13(10)20-16(23)14-9-24-17(21-14)22-15-5-3-4-11(2)19-15/h3-9H,1-2H3,(H,20,23)(H,19,21,22). The first-order chi connectivity index (χ1) is 11.5. The summed E-state index contributed by atoms with van der Waals surface area (Å²) in [6.07, 6.45) is 0. The maximum atomic E-state index is 12.3. The van der Waals surface area contributed by atoms with Crippen molar-refractivity contribution >= 4 is 45.5 Å². The second-order valence-electron chi connectivity index (χ2n) is 5.24. The van der Waals surface area contributed by atoms with Gasteiger partial charge in [0.05, 0.1) is 0 Å². The van der Waals surface area contributed by atoms with Crippen molar-refractivity contribution in [2.45, 2.75) is 13.8 Å². The molecule has 0 unspecified atom stereocenters. The molecule has 0 atom stereocenters. The summed E-state index contributed by atoms with van der Waals surface area (Å²) >= 11 is 7.32. The molecule has 0 aliphatic carbocycles. The first-order valence-electron chi connectivity index (χ1n) is 7.25. The summed E-state index contributed by atoms with van der Waals surface area (Å²) in [4.78, 5) is 21.0. The number of hydrogen-bond donors (Lipinski definition) is 2. The molecule has 3 rings (SSSR count). The van der Waals surface area contributed by atoms with E-state index in [9.17, 15) is 4.79 Å². The molecule has 0 fully saturated rings. The van der Waals surface area contributed by atoms with Crippen LogP contribution in [0.2, 0.25) is 5.02 Å². The minimum atomic E-state index is -0.276. The van der Waals surface area contributed by atoms with Gasteiger partial charge in [-0.15, -0.1) is 11.3 Å². The molecule has 0 saturated carbocycles. The van der Waals surface area contributed by atoms with E-state index in [1.807, 2.05) is 38.1 Å². The van der Waals surface area contributed by atoms with Gasteiger partial charge in [0.25, 0.3) is 5.91 Å². The quantitative estimate of drug-likeness (QED) is 0.702. The molecule has 7 heteroatoms. The molecule has 1 aromatic carbocycles. The largest absolute Gasteiger partial charge is 0.320 e. The van der Waals surface area contributed by atoms with Gasteiger partial charge in [0.15, 0.2) is 5.13 Å². The van der Waals surface area contributed by atoms with E-state index in [-0.39, 0.29) is 5.91 Å². The topological polar surface area (TPSA) is 66.9 Å². The Hall–Kier alpha value is -2.44. The van der Waals surface area contributed by atoms with E-state index in [1.54, 1.807) is 17.5 Å². The van der Waals surface area contributed by atoms with Crippen LogP contribution in [-0.4, -0.2) is 15.9 Å². The Morgan fingerprint density at radius 2 is 2.00 bits per heavy atom. The molecule has 0 aliphatic heterocycles. The first kappa shape index (κ1) is 16.4. The monoisotopic (exact) mass is 358 g/mol. The Morgan fingerprint density at radius 1 is 1.17 bits per heavy atom. The third-order valence-corrected chi connectivity index (χ3v) is 4.30. The smallest absolute Gasteiger partial charge is 0.275 e. The second-order valence-corrected chi connectivity index (χ2v) is 6.54. The Balaban J connectivity index is 1.73. The molecule has 0 aliphatic rings. The lowest BCUT2D eigenvalue weighted by molar-refractivity contribution is 0.102. The highest BCUT2D eigenvalue weighted by molar-refractivity contribution is 7.14. The van der Waals surface area contributed by atoms with Crippen LogP contribution < -0.4 is 10.6 Å². The van der Waals surface area contributed by atoms with E-state index in [0.29, 0.717) is 27.4 Å². The number of hydrogen-bond acceptors (Lipinski definition) is 5. The fourth-order valence-electron chi connectivity index (χ4n) is 2.07. The summed E-state index contributed by atoms with van der Waals surface area (Å²) in [5, 5.41) is 8.82. The number of aryl methyl sites for hydroxylation is 2. The van der Waals surface area contributed by atoms with Crippen LogP contribution in [0, 0.1) is 13.8 Å². The summed E-state index contributed by atoms with van der Waals surface area (Å²) in [6.45, 7) is 3.82. The van der Waals surface area contributed by atoms with E-state index in [4.69, 9.17) is 11.6 Å². The minimum Gasteiger partial charge on any atom is -0.320 e. The van der Waals surface area contributed by atoms with Crippen molar-refractivity contribution in [3.63, 3.8) is 0 Å². The van der Waals surface area contributed by atoms with Crippen LogP contribution in [0.1, 0.15) is 21.7 Å². The number of thiazole rings is 1. The number of rotatable bonds is 4. The summed E-state index contributed by atoms with van der Waals surface area (Å²) in [6, 6.07) is 11.0. The van der Waals surface area contributed by atoms with Crippen molar-refractivity contribution in [1.29, 1.82) is 0 Å². The van der Waals surface area contributed by atoms with Crippen LogP contribution >= 0.6 is 22.9 Å². The number of halogens is 1. The van der Waals surface area contributed by atoms with Crippen LogP contribution in [0.3, 0.4) is 0 Å². The number of nitrogens with one attached hydrogen (secondary N) is 2. The third-order valence-electron chi connectivity index (χ3n) is 3.31. The van der Waals surface area contributed by atoms with Crippen molar-refractivity contribution in [1.82, 2.24) is 9.97 Å². The van der Waals surface area contributed by atoms with E-state index < -0.39 is 0 Å². The van der Waals surface area contributed by atoms with Crippen LogP contribution in [-0.2, 0) is 0 Å². The Kier molecular flexibility index (Phi) is 4.78. The van der Waals surface area contributed by atoms with Gasteiger partial charge in [-0.3, -0.25) is 4.79 Å². The zero-order chi connectivity index (χ0) is 17.1. The van der Waals surface area contributed by atoms with Crippen LogP contribution in [0.5, 0.6) is 0 Å². The maximum Gasteiger partial charge on any atom is 0.275 e. The van der Waals surface area contributed by atoms with Crippen molar-refractivity contribution in [2.75, 3.05) is 10.6 Å². The molecule has 3 aromatic rings. The third kappa shape index (κ3) is 3.90. The van der Waals surface area contributed by atoms with Gasteiger partial charge in [-0.1, -0.05) is 23.7 Å². The molecule has 5 nitrogen and oxygen atoms in total. The first-order valence-corrected chi connectivity index (χ1v) is 8.51. The predicted molar refractivity (Wildman–Crippen MR) is 98.5 cm³/mol. The fraction of sp³-hybridized carbons (Fsp3) is 0.118. The van der Waals surface area contributed by atoms with E-state index >= 15 is 0 Å². The lowest BCUT2D eigenvalue weighted by Gasteiger charge is -2.07. The minimum absolute atomic E-state index is 0.276. The lowest BCUT2D eigenvalue weighted by Crippen LogP contribution is -2.13. The van der Waals surface area contributed by atoms with Crippen LogP contribution in [0.4, 0.5) is 16.6 Å². The van der Waals surface area contributed by atoms with Crippen molar-refractivity contribution in [2.24, 2.45) is 0 Å². The summed E-state index contributed by atoms with van der Waals surface area (Å²) in [5.41, 5.74) is 2.86. The molecule has 2 heterocycles. The highest BCUT2D eigenvalue weighted by Gasteiger charge is 2.13. The van der Waals surface area contributed by atoms with Crippen LogP contribution in [0.15, 0.2) is 41.8 Å². The second kappa shape index (κ2) is 6.98. The SMILES string of the molecule is Cc1cccc(Nc2nc(C(=O)Nc3cc(Cl)ccc3C)cs2)n1. The molecule has 2 aromatic heterocycles. The molecule has 0 saturated heterocycles. The highest BCUT2D eigenvalue weighted by Crippen LogP contribution is 2.23. The lowest BCUT2D eigenvalue weighted by atomic mass is 10.2. The van der Waals surface area contributed by atoms with Gasteiger partial charge in [-0.25, -0.2) is 9.97 Å². The van der Waals surface area contributed by atoms with E-state index in [0.717, 1.165) is 11.3 Å². The molecule has 24 heavy (non-hydrogen) atoms. The molecule has 0 bridgehead atoms. The molecule has 1 amide bonds. The fourth-order valence-corrected chi connectivity index (χ4v) is 2.94. The molecule has 0 spiro atoms. The average molecular weight is 359 g/mol. The summed E-state index contributed by atoms with van der Waals surface area (Å²) in [7, 11) is 0. The highest BCUT2D eigenvalue weighted by atomic mass is 35.5. The predicted octanol–water partition coefficient (Wildman–Crippen LogP) is 4.80. The molecule has 2 N–H and O–H groups in total. The van der Waals surface area contributed by atoms with E-state index in [2.05, 4.69) is 20.6 Å². The molecular weight excluding hydrogens is 344 g/mol. The molecule has 122 valence electrons. The summed E-state index contributed by atoms with van der Waals surface area (Å²) in [5.74, 6) is 0.420. The van der Waals surface area contributed by atoms with Gasteiger partial charge >= 0.3 is 0 Å². The zero-order valence-electron chi connectivity index (χ0n) is 13.1. The van der Waals surface area contributed by atoms with Gasteiger partial charge < -0.3 is 10.6 Å². The van der Waals surface area contributed by atoms with Crippen molar-refractivity contribution in [3.05, 3.63) is 63.8 Å². The van der Waals surface area contributed by atoms with Crippen LogP contribution in [0.25, 0.3) is 0 Å². The van der Waals surface area contributed by atoms with Gasteiger partial charge in [-0.05, 0) is 43.7 Å².